The van der Waals surface area contributed by atoms with Gasteiger partial charge >= 0.3 is 0 Å². The first-order valence-corrected chi connectivity index (χ1v) is 6.80. The number of aliphatic hydroxyl groups is 1. The summed E-state index contributed by atoms with van der Waals surface area (Å²) < 4.78 is 0. The van der Waals surface area contributed by atoms with Crippen molar-refractivity contribution in [2.75, 3.05) is 11.9 Å². The number of thiazole rings is 1. The Morgan fingerprint density at radius 1 is 1.33 bits per heavy atom. The third kappa shape index (κ3) is 2.71. The molecule has 0 saturated heterocycles. The van der Waals surface area contributed by atoms with E-state index in [9.17, 15) is 5.11 Å². The summed E-state index contributed by atoms with van der Waals surface area (Å²) >= 11 is 1.67. The van der Waals surface area contributed by atoms with Crippen LogP contribution in [-0.2, 0) is 13.2 Å². The zero-order valence-electron chi connectivity index (χ0n) is 11.0. The Morgan fingerprint density at radius 2 is 2.11 bits per heavy atom. The Kier molecular flexibility index (Phi) is 3.99. The van der Waals surface area contributed by atoms with E-state index in [1.807, 2.05) is 32.5 Å². The van der Waals surface area contributed by atoms with Crippen molar-refractivity contribution in [1.82, 2.24) is 4.98 Å². The van der Waals surface area contributed by atoms with Crippen LogP contribution in [0.5, 0.6) is 0 Å². The van der Waals surface area contributed by atoms with Crippen molar-refractivity contribution in [2.24, 2.45) is 0 Å². The largest absolute Gasteiger partial charge is 0.392 e. The summed E-state index contributed by atoms with van der Waals surface area (Å²) in [6.07, 6.45) is 0. The lowest BCUT2D eigenvalue weighted by atomic mass is 10.1. The fourth-order valence-electron chi connectivity index (χ4n) is 1.99. The Bertz CT molecular complexity index is 536. The van der Waals surface area contributed by atoms with Gasteiger partial charge in [0.25, 0.3) is 0 Å². The van der Waals surface area contributed by atoms with E-state index in [2.05, 4.69) is 22.0 Å². The van der Waals surface area contributed by atoms with Crippen LogP contribution in [0.3, 0.4) is 0 Å². The molecule has 0 aliphatic rings. The number of aromatic nitrogens is 1. The predicted octanol–water partition coefficient (Wildman–Crippen LogP) is 2.89. The second-order valence-corrected chi connectivity index (χ2v) is 5.45. The molecule has 1 aromatic heterocycles. The van der Waals surface area contributed by atoms with Gasteiger partial charge in [-0.1, -0.05) is 17.7 Å². The van der Waals surface area contributed by atoms with E-state index in [-0.39, 0.29) is 6.61 Å². The number of nitrogens with zero attached hydrogens (tertiary/aromatic N) is 2. The average Bonchev–Trinajstić information content (AvgIpc) is 2.74. The number of anilines is 1. The van der Waals surface area contributed by atoms with Crippen molar-refractivity contribution < 1.29 is 5.11 Å². The predicted molar refractivity (Wildman–Crippen MR) is 76.1 cm³/mol. The van der Waals surface area contributed by atoms with E-state index in [0.29, 0.717) is 0 Å². The molecule has 96 valence electrons. The van der Waals surface area contributed by atoms with Crippen molar-refractivity contribution in [2.45, 2.75) is 27.0 Å². The summed E-state index contributed by atoms with van der Waals surface area (Å²) in [4.78, 5) is 7.69. The summed E-state index contributed by atoms with van der Waals surface area (Å²) in [7, 11) is 2.04. The fraction of sp³-hybridized carbons (Fsp3) is 0.357. The molecule has 0 aliphatic carbocycles. The van der Waals surface area contributed by atoms with Crippen LogP contribution in [0.1, 0.15) is 21.7 Å². The fourth-order valence-corrected chi connectivity index (χ4v) is 2.82. The van der Waals surface area contributed by atoms with Gasteiger partial charge in [-0.25, -0.2) is 4.98 Å². The van der Waals surface area contributed by atoms with Crippen molar-refractivity contribution >= 4 is 17.0 Å². The van der Waals surface area contributed by atoms with Gasteiger partial charge < -0.3 is 10.0 Å². The molecule has 0 bridgehead atoms. The molecular weight excluding hydrogens is 244 g/mol. The minimum Gasteiger partial charge on any atom is -0.392 e. The molecule has 18 heavy (non-hydrogen) atoms. The quantitative estimate of drug-likeness (QED) is 0.920. The van der Waals surface area contributed by atoms with Gasteiger partial charge in [-0.3, -0.25) is 0 Å². The van der Waals surface area contributed by atoms with E-state index in [0.717, 1.165) is 23.5 Å². The molecule has 2 rings (SSSR count). The maximum Gasteiger partial charge on any atom is 0.0798 e. The monoisotopic (exact) mass is 262 g/mol. The first-order chi connectivity index (χ1) is 8.61. The van der Waals surface area contributed by atoms with Crippen molar-refractivity contribution in [3.63, 3.8) is 0 Å². The standard InChI is InChI=1S/C14H18N2OS/c1-10-4-5-13(12(6-10)8-17)16(3)7-14-11(2)15-9-18-14/h4-6,9,17H,7-8H2,1-3H3. The number of hydrogen-bond acceptors (Lipinski definition) is 4. The van der Waals surface area contributed by atoms with Gasteiger partial charge in [0, 0.05) is 23.2 Å². The maximum atomic E-state index is 9.44. The Labute approximate surface area is 112 Å². The normalized spacial score (nSPS) is 10.7. The van der Waals surface area contributed by atoms with Gasteiger partial charge in [0.15, 0.2) is 0 Å². The molecule has 0 spiro atoms. The van der Waals surface area contributed by atoms with Gasteiger partial charge in [-0.05, 0) is 19.9 Å². The SMILES string of the molecule is Cc1ccc(N(C)Cc2scnc2C)c(CO)c1. The molecule has 0 amide bonds. The zero-order chi connectivity index (χ0) is 13.1. The molecule has 0 unspecified atom stereocenters. The highest BCUT2D eigenvalue weighted by atomic mass is 32.1. The summed E-state index contributed by atoms with van der Waals surface area (Å²) in [5.41, 5.74) is 6.19. The maximum absolute atomic E-state index is 9.44. The van der Waals surface area contributed by atoms with Crippen LogP contribution < -0.4 is 4.90 Å². The third-order valence-corrected chi connectivity index (χ3v) is 3.96. The lowest BCUT2D eigenvalue weighted by Crippen LogP contribution is -2.18. The highest BCUT2D eigenvalue weighted by molar-refractivity contribution is 7.09. The number of hydrogen-bond donors (Lipinski definition) is 1. The van der Waals surface area contributed by atoms with Gasteiger partial charge in [-0.2, -0.15) is 0 Å². The first-order valence-electron chi connectivity index (χ1n) is 5.92. The van der Waals surface area contributed by atoms with Gasteiger partial charge in [-0.15, -0.1) is 11.3 Å². The van der Waals surface area contributed by atoms with Crippen molar-refractivity contribution in [3.05, 3.63) is 45.4 Å². The molecular formula is C14H18N2OS. The molecule has 0 aliphatic heterocycles. The lowest BCUT2D eigenvalue weighted by molar-refractivity contribution is 0.282. The van der Waals surface area contributed by atoms with Crippen LogP contribution in [0.25, 0.3) is 0 Å². The molecule has 3 nitrogen and oxygen atoms in total. The van der Waals surface area contributed by atoms with E-state index >= 15 is 0 Å². The molecule has 2 aromatic rings. The molecule has 1 aromatic carbocycles. The van der Waals surface area contributed by atoms with Crippen LogP contribution in [-0.4, -0.2) is 17.1 Å². The topological polar surface area (TPSA) is 36.4 Å². The minimum absolute atomic E-state index is 0.0724. The number of aryl methyl sites for hydroxylation is 2. The number of rotatable bonds is 4. The summed E-state index contributed by atoms with van der Waals surface area (Å²) in [5, 5.41) is 9.44. The average molecular weight is 262 g/mol. The Morgan fingerprint density at radius 3 is 2.72 bits per heavy atom. The van der Waals surface area contributed by atoms with Gasteiger partial charge in [0.2, 0.25) is 0 Å². The van der Waals surface area contributed by atoms with E-state index < -0.39 is 0 Å². The molecule has 0 radical (unpaired) electrons. The van der Waals surface area contributed by atoms with Gasteiger partial charge in [0.05, 0.1) is 24.4 Å². The van der Waals surface area contributed by atoms with E-state index in [1.54, 1.807) is 11.3 Å². The van der Waals surface area contributed by atoms with E-state index in [4.69, 9.17) is 0 Å². The molecule has 1 N–H and O–H groups in total. The van der Waals surface area contributed by atoms with Crippen LogP contribution in [0.2, 0.25) is 0 Å². The summed E-state index contributed by atoms with van der Waals surface area (Å²) in [5.74, 6) is 0. The Hall–Kier alpha value is -1.39. The molecule has 0 atom stereocenters. The number of benzene rings is 1. The third-order valence-electron chi connectivity index (χ3n) is 3.04. The molecule has 4 heteroatoms. The molecule has 0 saturated carbocycles. The van der Waals surface area contributed by atoms with Gasteiger partial charge in [0.1, 0.15) is 0 Å². The van der Waals surface area contributed by atoms with Crippen molar-refractivity contribution in [3.8, 4) is 0 Å². The van der Waals surface area contributed by atoms with Crippen LogP contribution in [0.15, 0.2) is 23.7 Å². The van der Waals surface area contributed by atoms with Crippen molar-refractivity contribution in [1.29, 1.82) is 0 Å². The van der Waals surface area contributed by atoms with E-state index in [1.165, 1.54) is 10.4 Å². The number of aliphatic hydroxyl groups excluding tert-OH is 1. The Balaban J connectivity index is 2.23. The highest BCUT2D eigenvalue weighted by Gasteiger charge is 2.10. The van der Waals surface area contributed by atoms with Crippen LogP contribution >= 0.6 is 11.3 Å². The van der Waals surface area contributed by atoms with Crippen LogP contribution in [0, 0.1) is 13.8 Å². The van der Waals surface area contributed by atoms with Crippen LogP contribution in [0.4, 0.5) is 5.69 Å². The minimum atomic E-state index is 0.0724. The zero-order valence-corrected chi connectivity index (χ0v) is 11.8. The molecule has 1 heterocycles. The summed E-state index contributed by atoms with van der Waals surface area (Å²) in [6, 6.07) is 6.17. The molecule has 0 fully saturated rings. The highest BCUT2D eigenvalue weighted by Crippen LogP contribution is 2.24. The lowest BCUT2D eigenvalue weighted by Gasteiger charge is -2.22. The first kappa shape index (κ1) is 13.1. The summed E-state index contributed by atoms with van der Waals surface area (Å²) in [6.45, 7) is 4.97. The smallest absolute Gasteiger partial charge is 0.0798 e. The second kappa shape index (κ2) is 5.50. The second-order valence-electron chi connectivity index (χ2n) is 4.51.